The average Bonchev–Trinajstić information content (AvgIpc) is 2.36. The highest BCUT2D eigenvalue weighted by Gasteiger charge is 2.26. The zero-order valence-corrected chi connectivity index (χ0v) is 12.6. The van der Waals surface area contributed by atoms with Crippen LogP contribution in [0, 0.1) is 5.92 Å². The Morgan fingerprint density at radius 1 is 1.35 bits per heavy atom. The first-order valence-electron chi connectivity index (χ1n) is 6.62. The van der Waals surface area contributed by atoms with Crippen LogP contribution in [0.4, 0.5) is 0 Å². The second kappa shape index (κ2) is 5.54. The van der Waals surface area contributed by atoms with Crippen molar-refractivity contribution in [3.63, 3.8) is 0 Å². The van der Waals surface area contributed by atoms with Gasteiger partial charge in [-0.2, -0.15) is 0 Å². The van der Waals surface area contributed by atoms with E-state index in [-0.39, 0.29) is 16.8 Å². The lowest BCUT2D eigenvalue weighted by Crippen LogP contribution is -2.48. The number of carbonyl (C=O) groups is 1. The second-order valence-corrected chi connectivity index (χ2v) is 7.63. The summed E-state index contributed by atoms with van der Waals surface area (Å²) in [4.78, 5) is 14.3. The third kappa shape index (κ3) is 3.37. The van der Waals surface area contributed by atoms with E-state index >= 15 is 0 Å². The average molecular weight is 296 g/mol. The highest BCUT2D eigenvalue weighted by Crippen LogP contribution is 2.19. The van der Waals surface area contributed by atoms with Crippen molar-refractivity contribution in [2.75, 3.05) is 19.3 Å². The molecule has 1 heterocycles. The molecule has 5 nitrogen and oxygen atoms in total. The maximum Gasteiger partial charge on any atom is 0.253 e. The molecule has 1 amide bonds. The monoisotopic (exact) mass is 296 g/mol. The summed E-state index contributed by atoms with van der Waals surface area (Å²) >= 11 is 0. The maximum absolute atomic E-state index is 12.4. The lowest BCUT2D eigenvalue weighted by Gasteiger charge is -2.34. The van der Waals surface area contributed by atoms with Crippen LogP contribution in [0.2, 0.25) is 0 Å². The predicted molar refractivity (Wildman–Crippen MR) is 77.2 cm³/mol. The molecule has 0 aliphatic carbocycles. The SMILES string of the molecule is CC1CC(N)CN(C(=O)c2cccc(S(C)(=O)=O)c2)C1. The topological polar surface area (TPSA) is 80.5 Å². The number of sulfone groups is 1. The van der Waals surface area contributed by atoms with E-state index in [9.17, 15) is 13.2 Å². The number of carbonyl (C=O) groups excluding carboxylic acids is 1. The quantitative estimate of drug-likeness (QED) is 0.879. The zero-order chi connectivity index (χ0) is 14.9. The van der Waals surface area contributed by atoms with Crippen LogP contribution in [0.1, 0.15) is 23.7 Å². The molecule has 0 bridgehead atoms. The molecular weight excluding hydrogens is 276 g/mol. The van der Waals surface area contributed by atoms with Gasteiger partial charge in [0.05, 0.1) is 4.90 Å². The van der Waals surface area contributed by atoms with E-state index in [4.69, 9.17) is 5.73 Å². The first-order valence-corrected chi connectivity index (χ1v) is 8.51. The molecule has 0 radical (unpaired) electrons. The fourth-order valence-electron chi connectivity index (χ4n) is 2.61. The Hall–Kier alpha value is -1.40. The van der Waals surface area contributed by atoms with Gasteiger partial charge in [0.25, 0.3) is 5.91 Å². The number of piperidine rings is 1. The Bertz CT molecular complexity index is 603. The van der Waals surface area contributed by atoms with Crippen molar-refractivity contribution < 1.29 is 13.2 Å². The lowest BCUT2D eigenvalue weighted by atomic mass is 9.96. The Balaban J connectivity index is 2.25. The predicted octanol–water partition coefficient (Wildman–Crippen LogP) is 0.899. The molecule has 6 heteroatoms. The van der Waals surface area contributed by atoms with Crippen molar-refractivity contribution in [1.29, 1.82) is 0 Å². The Morgan fingerprint density at radius 3 is 2.65 bits per heavy atom. The molecule has 1 aliphatic heterocycles. The van der Waals surface area contributed by atoms with Crippen LogP contribution < -0.4 is 5.73 Å². The Kier molecular flexibility index (Phi) is 4.15. The first kappa shape index (κ1) is 15.0. The third-order valence-corrected chi connectivity index (χ3v) is 4.60. The lowest BCUT2D eigenvalue weighted by molar-refractivity contribution is 0.0660. The van der Waals surface area contributed by atoms with E-state index in [0.717, 1.165) is 12.7 Å². The number of amides is 1. The molecule has 1 aliphatic rings. The normalized spacial score (nSPS) is 23.6. The Morgan fingerprint density at radius 2 is 2.05 bits per heavy atom. The van der Waals surface area contributed by atoms with Crippen LogP contribution in [0.3, 0.4) is 0 Å². The summed E-state index contributed by atoms with van der Waals surface area (Å²) in [5.41, 5.74) is 6.34. The minimum Gasteiger partial charge on any atom is -0.337 e. The van der Waals surface area contributed by atoms with Crippen LogP contribution >= 0.6 is 0 Å². The van der Waals surface area contributed by atoms with Crippen molar-refractivity contribution in [1.82, 2.24) is 4.90 Å². The molecule has 2 atom stereocenters. The molecular formula is C14H20N2O3S. The summed E-state index contributed by atoms with van der Waals surface area (Å²) in [6.45, 7) is 3.24. The smallest absolute Gasteiger partial charge is 0.253 e. The molecule has 2 rings (SSSR count). The van der Waals surface area contributed by atoms with Crippen LogP contribution in [-0.2, 0) is 9.84 Å². The van der Waals surface area contributed by atoms with E-state index < -0.39 is 9.84 Å². The van der Waals surface area contributed by atoms with Gasteiger partial charge < -0.3 is 10.6 Å². The molecule has 1 saturated heterocycles. The van der Waals surface area contributed by atoms with E-state index in [2.05, 4.69) is 6.92 Å². The van der Waals surface area contributed by atoms with Crippen molar-refractivity contribution >= 4 is 15.7 Å². The van der Waals surface area contributed by atoms with E-state index in [1.165, 1.54) is 12.1 Å². The number of nitrogens with zero attached hydrogens (tertiary/aromatic N) is 1. The maximum atomic E-state index is 12.4. The summed E-state index contributed by atoms with van der Waals surface area (Å²) < 4.78 is 23.1. The largest absolute Gasteiger partial charge is 0.337 e. The van der Waals surface area contributed by atoms with Crippen molar-refractivity contribution in [2.24, 2.45) is 11.7 Å². The van der Waals surface area contributed by atoms with Gasteiger partial charge >= 0.3 is 0 Å². The van der Waals surface area contributed by atoms with Crippen molar-refractivity contribution in [2.45, 2.75) is 24.3 Å². The number of rotatable bonds is 2. The van der Waals surface area contributed by atoms with E-state index in [1.54, 1.807) is 17.0 Å². The van der Waals surface area contributed by atoms with Gasteiger partial charge in [-0.05, 0) is 30.5 Å². The zero-order valence-electron chi connectivity index (χ0n) is 11.7. The number of likely N-dealkylation sites (tertiary alicyclic amines) is 1. The molecule has 0 spiro atoms. The van der Waals surface area contributed by atoms with Gasteiger partial charge in [0.15, 0.2) is 9.84 Å². The van der Waals surface area contributed by atoms with Gasteiger partial charge in [-0.25, -0.2) is 8.42 Å². The number of benzene rings is 1. The van der Waals surface area contributed by atoms with Crippen LogP contribution in [-0.4, -0.2) is 44.6 Å². The number of hydrogen-bond donors (Lipinski definition) is 1. The summed E-state index contributed by atoms with van der Waals surface area (Å²) in [5.74, 6) is 0.207. The molecule has 0 saturated carbocycles. The Labute approximate surface area is 119 Å². The molecule has 20 heavy (non-hydrogen) atoms. The number of hydrogen-bond acceptors (Lipinski definition) is 4. The van der Waals surface area contributed by atoms with Crippen LogP contribution in [0.25, 0.3) is 0 Å². The van der Waals surface area contributed by atoms with Gasteiger partial charge in [-0.15, -0.1) is 0 Å². The van der Waals surface area contributed by atoms with E-state index in [0.29, 0.717) is 24.6 Å². The summed E-state index contributed by atoms with van der Waals surface area (Å²) in [6.07, 6.45) is 2.04. The third-order valence-electron chi connectivity index (χ3n) is 3.49. The van der Waals surface area contributed by atoms with E-state index in [1.807, 2.05) is 0 Å². The molecule has 1 aromatic carbocycles. The first-order chi connectivity index (χ1) is 9.27. The summed E-state index contributed by atoms with van der Waals surface area (Å²) in [6, 6.07) is 6.15. The molecule has 1 fully saturated rings. The fourth-order valence-corrected chi connectivity index (χ4v) is 3.27. The standard InChI is InChI=1S/C14H20N2O3S/c1-10-6-12(15)9-16(8-10)14(17)11-4-3-5-13(7-11)20(2,18)19/h3-5,7,10,12H,6,8-9,15H2,1-2H3. The van der Waals surface area contributed by atoms with Gasteiger partial charge in [0.2, 0.25) is 0 Å². The highest BCUT2D eigenvalue weighted by molar-refractivity contribution is 7.90. The minimum absolute atomic E-state index is 0.0132. The van der Waals surface area contributed by atoms with Gasteiger partial charge in [0, 0.05) is 31.0 Å². The molecule has 2 N–H and O–H groups in total. The minimum atomic E-state index is -3.31. The van der Waals surface area contributed by atoms with Gasteiger partial charge in [0.1, 0.15) is 0 Å². The highest BCUT2D eigenvalue weighted by atomic mass is 32.2. The number of nitrogens with two attached hydrogens (primary N) is 1. The summed E-state index contributed by atoms with van der Waals surface area (Å²) in [5, 5.41) is 0. The molecule has 1 aromatic rings. The van der Waals surface area contributed by atoms with Gasteiger partial charge in [-0.3, -0.25) is 4.79 Å². The van der Waals surface area contributed by atoms with Crippen LogP contribution in [0.15, 0.2) is 29.2 Å². The molecule has 0 aromatic heterocycles. The molecule has 110 valence electrons. The van der Waals surface area contributed by atoms with Crippen LogP contribution in [0.5, 0.6) is 0 Å². The fraction of sp³-hybridized carbons (Fsp3) is 0.500. The second-order valence-electron chi connectivity index (χ2n) is 5.61. The van der Waals surface area contributed by atoms with Gasteiger partial charge in [-0.1, -0.05) is 13.0 Å². The molecule has 2 unspecified atom stereocenters. The van der Waals surface area contributed by atoms with Crippen molar-refractivity contribution in [3.8, 4) is 0 Å². The summed E-state index contributed by atoms with van der Waals surface area (Å²) in [7, 11) is -3.31. The van der Waals surface area contributed by atoms with Crippen molar-refractivity contribution in [3.05, 3.63) is 29.8 Å².